The zero-order chi connectivity index (χ0) is 14.5. The first-order valence-corrected chi connectivity index (χ1v) is 6.19. The molecule has 0 saturated carbocycles. The average molecular weight is 280 g/mol. The highest BCUT2D eigenvalue weighted by atomic mass is 16.5. The van der Waals surface area contributed by atoms with Crippen molar-refractivity contribution in [1.82, 2.24) is 4.90 Å². The molecule has 3 N–H and O–H groups in total. The van der Waals surface area contributed by atoms with Gasteiger partial charge in [0.2, 0.25) is 0 Å². The topological polar surface area (TPSA) is 102 Å². The van der Waals surface area contributed by atoms with Gasteiger partial charge >= 0.3 is 5.97 Å². The third kappa shape index (κ3) is 3.39. The van der Waals surface area contributed by atoms with Crippen LogP contribution in [0, 0.1) is 0 Å². The van der Waals surface area contributed by atoms with Gasteiger partial charge < -0.3 is 25.2 Å². The first-order chi connectivity index (χ1) is 9.58. The summed E-state index contributed by atoms with van der Waals surface area (Å²) in [4.78, 5) is 24.4. The van der Waals surface area contributed by atoms with Crippen LogP contribution < -0.4 is 10.5 Å². The number of hydrogen-bond donors (Lipinski definition) is 2. The van der Waals surface area contributed by atoms with Gasteiger partial charge in [-0.2, -0.15) is 0 Å². The smallest absolute Gasteiger partial charge is 0.335 e. The Morgan fingerprint density at radius 3 is 2.70 bits per heavy atom. The van der Waals surface area contributed by atoms with Crippen molar-refractivity contribution in [2.45, 2.75) is 0 Å². The minimum absolute atomic E-state index is 0.0630. The molecule has 2 rings (SSSR count). The zero-order valence-corrected chi connectivity index (χ0v) is 10.9. The number of carbonyl (C=O) groups excluding carboxylic acids is 1. The number of nitrogens with zero attached hydrogens (tertiary/aromatic N) is 1. The van der Waals surface area contributed by atoms with Crippen LogP contribution in [0.3, 0.4) is 0 Å². The van der Waals surface area contributed by atoms with Gasteiger partial charge in [0.1, 0.15) is 5.75 Å². The van der Waals surface area contributed by atoms with Crippen LogP contribution in [-0.2, 0) is 9.53 Å². The zero-order valence-electron chi connectivity index (χ0n) is 10.9. The Morgan fingerprint density at radius 2 is 2.05 bits per heavy atom. The molecule has 1 fully saturated rings. The summed E-state index contributed by atoms with van der Waals surface area (Å²) in [5, 5.41) is 8.90. The average Bonchev–Trinajstić information content (AvgIpc) is 2.46. The summed E-state index contributed by atoms with van der Waals surface area (Å²) < 4.78 is 10.5. The highest BCUT2D eigenvalue weighted by Gasteiger charge is 2.18. The normalized spacial score (nSPS) is 14.9. The van der Waals surface area contributed by atoms with E-state index in [2.05, 4.69) is 0 Å². The maximum absolute atomic E-state index is 11.9. The predicted molar refractivity (Wildman–Crippen MR) is 70.7 cm³/mol. The molecule has 1 saturated heterocycles. The second-order valence-corrected chi connectivity index (χ2v) is 4.34. The lowest BCUT2D eigenvalue weighted by atomic mass is 10.2. The van der Waals surface area contributed by atoms with Crippen molar-refractivity contribution in [1.29, 1.82) is 0 Å². The van der Waals surface area contributed by atoms with E-state index < -0.39 is 5.97 Å². The summed E-state index contributed by atoms with van der Waals surface area (Å²) >= 11 is 0. The van der Waals surface area contributed by atoms with Crippen LogP contribution >= 0.6 is 0 Å². The molecule has 20 heavy (non-hydrogen) atoms. The molecule has 0 aromatic heterocycles. The maximum Gasteiger partial charge on any atom is 0.335 e. The van der Waals surface area contributed by atoms with E-state index in [-0.39, 0.29) is 23.8 Å². The minimum Gasteiger partial charge on any atom is -0.482 e. The van der Waals surface area contributed by atoms with Crippen molar-refractivity contribution in [2.75, 3.05) is 38.6 Å². The van der Waals surface area contributed by atoms with Crippen molar-refractivity contribution in [2.24, 2.45) is 0 Å². The van der Waals surface area contributed by atoms with Gasteiger partial charge in [-0.25, -0.2) is 4.79 Å². The second kappa shape index (κ2) is 6.25. The van der Waals surface area contributed by atoms with Crippen LogP contribution in [0.15, 0.2) is 18.2 Å². The molecule has 0 atom stereocenters. The number of anilines is 1. The first kappa shape index (κ1) is 14.1. The molecule has 1 heterocycles. The van der Waals surface area contributed by atoms with Crippen LogP contribution in [-0.4, -0.2) is 54.8 Å². The Balaban J connectivity index is 1.97. The third-order valence-corrected chi connectivity index (χ3v) is 2.98. The van der Waals surface area contributed by atoms with Crippen LogP contribution in [0.5, 0.6) is 5.75 Å². The number of nitrogens with two attached hydrogens (primary N) is 1. The number of carboxylic acids is 1. The van der Waals surface area contributed by atoms with Gasteiger partial charge in [0.25, 0.3) is 5.91 Å². The number of rotatable bonds is 4. The van der Waals surface area contributed by atoms with E-state index in [1.807, 2.05) is 0 Å². The van der Waals surface area contributed by atoms with Crippen molar-refractivity contribution in [3.63, 3.8) is 0 Å². The maximum atomic E-state index is 11.9. The lowest BCUT2D eigenvalue weighted by Gasteiger charge is -2.26. The second-order valence-electron chi connectivity index (χ2n) is 4.34. The Hall–Kier alpha value is -2.28. The number of morpholine rings is 1. The van der Waals surface area contributed by atoms with E-state index in [4.69, 9.17) is 20.3 Å². The van der Waals surface area contributed by atoms with Crippen LogP contribution in [0.2, 0.25) is 0 Å². The van der Waals surface area contributed by atoms with Gasteiger partial charge in [0.05, 0.1) is 24.5 Å². The van der Waals surface area contributed by atoms with Crippen molar-refractivity contribution < 1.29 is 24.2 Å². The Labute approximate surface area is 115 Å². The van der Waals surface area contributed by atoms with Crippen molar-refractivity contribution in [3.05, 3.63) is 23.8 Å². The van der Waals surface area contributed by atoms with Gasteiger partial charge in [-0.15, -0.1) is 0 Å². The number of nitrogen functional groups attached to an aromatic ring is 1. The predicted octanol–water partition coefficient (Wildman–Crippen LogP) is 0.205. The van der Waals surface area contributed by atoms with Gasteiger partial charge in [0, 0.05) is 13.1 Å². The Bertz CT molecular complexity index is 511. The summed E-state index contributed by atoms with van der Waals surface area (Å²) in [6, 6.07) is 4.14. The van der Waals surface area contributed by atoms with E-state index >= 15 is 0 Å². The molecule has 0 bridgehead atoms. The van der Waals surface area contributed by atoms with Crippen LogP contribution in [0.25, 0.3) is 0 Å². The number of benzene rings is 1. The number of hydrogen-bond acceptors (Lipinski definition) is 5. The van der Waals surface area contributed by atoms with Gasteiger partial charge in [-0.05, 0) is 18.2 Å². The molecule has 1 amide bonds. The molecule has 1 aromatic rings. The highest BCUT2D eigenvalue weighted by molar-refractivity contribution is 5.89. The third-order valence-electron chi connectivity index (χ3n) is 2.98. The van der Waals surface area contributed by atoms with Crippen molar-refractivity contribution >= 4 is 17.6 Å². The largest absolute Gasteiger partial charge is 0.482 e. The lowest BCUT2D eigenvalue weighted by Crippen LogP contribution is -2.43. The Kier molecular flexibility index (Phi) is 4.41. The quantitative estimate of drug-likeness (QED) is 0.764. The molecule has 0 radical (unpaired) electrons. The molecule has 0 unspecified atom stereocenters. The summed E-state index contributed by atoms with van der Waals surface area (Å²) in [5.41, 5.74) is 6.05. The molecular formula is C13H16N2O5. The molecule has 0 spiro atoms. The van der Waals surface area contributed by atoms with E-state index in [0.29, 0.717) is 32.0 Å². The van der Waals surface area contributed by atoms with Crippen LogP contribution in [0.1, 0.15) is 10.4 Å². The standard InChI is InChI=1S/C13H16N2O5/c14-10-2-1-9(13(17)18)7-11(10)20-8-12(16)15-3-5-19-6-4-15/h1-2,7H,3-6,8,14H2,(H,17,18). The molecule has 7 heteroatoms. The highest BCUT2D eigenvalue weighted by Crippen LogP contribution is 2.22. The molecule has 0 aliphatic carbocycles. The fraction of sp³-hybridized carbons (Fsp3) is 0.385. The van der Waals surface area contributed by atoms with Crippen LogP contribution in [0.4, 0.5) is 5.69 Å². The molecular weight excluding hydrogens is 264 g/mol. The van der Waals surface area contributed by atoms with E-state index in [1.54, 1.807) is 4.90 Å². The molecule has 7 nitrogen and oxygen atoms in total. The summed E-state index contributed by atoms with van der Waals surface area (Å²) in [6.07, 6.45) is 0. The van der Waals surface area contributed by atoms with Gasteiger partial charge in [-0.3, -0.25) is 4.79 Å². The van der Waals surface area contributed by atoms with Gasteiger partial charge in [-0.1, -0.05) is 0 Å². The number of amides is 1. The fourth-order valence-electron chi connectivity index (χ4n) is 1.84. The first-order valence-electron chi connectivity index (χ1n) is 6.19. The Morgan fingerprint density at radius 1 is 1.35 bits per heavy atom. The molecule has 1 aromatic carbocycles. The molecule has 1 aliphatic rings. The number of carbonyl (C=O) groups is 2. The lowest BCUT2D eigenvalue weighted by molar-refractivity contribution is -0.137. The summed E-state index contributed by atoms with van der Waals surface area (Å²) in [5.74, 6) is -1.05. The summed E-state index contributed by atoms with van der Waals surface area (Å²) in [7, 11) is 0. The van der Waals surface area contributed by atoms with E-state index in [9.17, 15) is 9.59 Å². The molecule has 108 valence electrons. The number of ether oxygens (including phenoxy) is 2. The minimum atomic E-state index is -1.07. The molecule has 1 aliphatic heterocycles. The fourth-order valence-corrected chi connectivity index (χ4v) is 1.84. The van der Waals surface area contributed by atoms with E-state index in [1.165, 1.54) is 18.2 Å². The summed E-state index contributed by atoms with van der Waals surface area (Å²) in [6.45, 7) is 1.93. The van der Waals surface area contributed by atoms with E-state index in [0.717, 1.165) is 0 Å². The SMILES string of the molecule is Nc1ccc(C(=O)O)cc1OCC(=O)N1CCOCC1. The van der Waals surface area contributed by atoms with Crippen molar-refractivity contribution in [3.8, 4) is 5.75 Å². The number of aromatic carboxylic acids is 1. The monoisotopic (exact) mass is 280 g/mol. The number of carboxylic acid groups (broad SMARTS) is 1. The van der Waals surface area contributed by atoms with Gasteiger partial charge in [0.15, 0.2) is 6.61 Å².